The van der Waals surface area contributed by atoms with Gasteiger partial charge in [0, 0.05) is 5.56 Å². The van der Waals surface area contributed by atoms with Gasteiger partial charge in [-0.3, -0.25) is 0 Å². The molecule has 0 spiro atoms. The lowest BCUT2D eigenvalue weighted by Crippen LogP contribution is -2.16. The number of esters is 1. The molecule has 0 atom stereocenters. The molecule has 0 aliphatic heterocycles. The second-order valence-corrected chi connectivity index (χ2v) is 5.87. The van der Waals surface area contributed by atoms with Gasteiger partial charge in [0.25, 0.3) is 0 Å². The largest absolute Gasteiger partial charge is 0.460 e. The van der Waals surface area contributed by atoms with Gasteiger partial charge in [0.1, 0.15) is 13.0 Å². The number of ether oxygens (including phenoxy) is 1. The monoisotopic (exact) mass is 371 g/mol. The van der Waals surface area contributed by atoms with Gasteiger partial charge in [-0.25, -0.2) is 18.9 Å². The third kappa shape index (κ3) is 4.90. The van der Waals surface area contributed by atoms with Crippen LogP contribution in [0, 0.1) is 0 Å². The predicted octanol–water partition coefficient (Wildman–Crippen LogP) is 3.94. The van der Waals surface area contributed by atoms with E-state index >= 15 is 0 Å². The number of hydrogen-bond donors (Lipinski definition) is 0. The van der Waals surface area contributed by atoms with Crippen molar-refractivity contribution in [2.24, 2.45) is 0 Å². The maximum atomic E-state index is 12.9. The van der Waals surface area contributed by atoms with Crippen molar-refractivity contribution in [1.29, 1.82) is 0 Å². The van der Waals surface area contributed by atoms with Gasteiger partial charge < -0.3 is 4.74 Å². The molecule has 0 bridgehead atoms. The summed E-state index contributed by atoms with van der Waals surface area (Å²) in [6.45, 7) is 5.90. The molecular weight excluding hydrogens is 354 g/mol. The van der Waals surface area contributed by atoms with E-state index in [0.29, 0.717) is 0 Å². The quantitative estimate of drug-likeness (QED) is 0.438. The van der Waals surface area contributed by atoms with Crippen LogP contribution in [-0.2, 0) is 28.9 Å². The lowest BCUT2D eigenvalue weighted by molar-refractivity contribution is -0.143. The number of benzene rings is 1. The molecule has 5 nitrogen and oxygen atoms in total. The third-order valence-corrected chi connectivity index (χ3v) is 3.25. The zero-order valence-corrected chi connectivity index (χ0v) is 14.2. The van der Waals surface area contributed by atoms with Crippen molar-refractivity contribution in [3.05, 3.63) is 47.8 Å². The summed E-state index contributed by atoms with van der Waals surface area (Å²) in [5, 5.41) is 4.03. The van der Waals surface area contributed by atoms with Gasteiger partial charge in [0.15, 0.2) is 5.82 Å². The Morgan fingerprint density at radius 1 is 1.31 bits per heavy atom. The van der Waals surface area contributed by atoms with Crippen molar-refractivity contribution in [1.82, 2.24) is 14.8 Å². The summed E-state index contributed by atoms with van der Waals surface area (Å²) in [5.41, 5.74) is -0.967. The van der Waals surface area contributed by atoms with Crippen LogP contribution in [0.25, 0.3) is 11.4 Å². The molecule has 0 N–H and O–H groups in total. The topological polar surface area (TPSA) is 57.0 Å². The zero-order chi connectivity index (χ0) is 19.5. The Hall–Kier alpha value is -2.71. The Kier molecular flexibility index (Phi) is 5.79. The van der Waals surface area contributed by atoms with Gasteiger partial charge in [-0.2, -0.15) is 18.3 Å². The van der Waals surface area contributed by atoms with Crippen molar-refractivity contribution >= 4 is 5.97 Å². The first-order valence-electron chi connectivity index (χ1n) is 7.66. The van der Waals surface area contributed by atoms with Crippen molar-refractivity contribution in [3.63, 3.8) is 0 Å². The average Bonchev–Trinajstić information content (AvgIpc) is 3.01. The summed E-state index contributed by atoms with van der Waals surface area (Å²) < 4.78 is 57.9. The first-order valence-corrected chi connectivity index (χ1v) is 7.66. The minimum atomic E-state index is -4.61. The number of halogens is 4. The summed E-state index contributed by atoms with van der Waals surface area (Å²) in [6, 6.07) is 2.84. The van der Waals surface area contributed by atoms with Crippen LogP contribution >= 0.6 is 0 Å². The van der Waals surface area contributed by atoms with Gasteiger partial charge in [0.05, 0.1) is 23.8 Å². The van der Waals surface area contributed by atoms with Crippen molar-refractivity contribution in [2.45, 2.75) is 39.3 Å². The molecule has 9 heteroatoms. The molecule has 0 radical (unpaired) electrons. The molecule has 0 amide bonds. The van der Waals surface area contributed by atoms with Crippen LogP contribution in [0.2, 0.25) is 0 Å². The molecule has 0 saturated carbocycles. The molecule has 26 heavy (non-hydrogen) atoms. The van der Waals surface area contributed by atoms with E-state index in [1.54, 1.807) is 13.8 Å². The van der Waals surface area contributed by atoms with Gasteiger partial charge in [-0.1, -0.05) is 6.58 Å². The molecule has 0 unspecified atom stereocenters. The van der Waals surface area contributed by atoms with Gasteiger partial charge in [-0.05, 0) is 37.6 Å². The number of rotatable bonds is 6. The Balaban J connectivity index is 2.24. The summed E-state index contributed by atoms with van der Waals surface area (Å²) in [7, 11) is 0. The predicted molar refractivity (Wildman–Crippen MR) is 85.6 cm³/mol. The zero-order valence-electron chi connectivity index (χ0n) is 14.2. The summed E-state index contributed by atoms with van der Waals surface area (Å²) in [6.07, 6.45) is -3.68. The van der Waals surface area contributed by atoms with Crippen LogP contribution in [0.1, 0.15) is 25.0 Å². The van der Waals surface area contributed by atoms with E-state index in [2.05, 4.69) is 16.7 Å². The summed E-state index contributed by atoms with van der Waals surface area (Å²) in [4.78, 5) is 15.7. The summed E-state index contributed by atoms with van der Waals surface area (Å²) in [5.74, 6) is -0.619. The van der Waals surface area contributed by atoms with Crippen LogP contribution < -0.4 is 0 Å². The number of aromatic nitrogens is 3. The third-order valence-electron chi connectivity index (χ3n) is 3.25. The standard InChI is InChI=1S/C17H17F4N3O2/c1-10(2)26-16(25)11(3)8-24-9-22-15(23-24)13-4-12(7-18)5-14(6-13)17(19,20)21/h4-6,9-10H,3,7-8H2,1-2H3. The van der Waals surface area contributed by atoms with Gasteiger partial charge in [0.2, 0.25) is 0 Å². The summed E-state index contributed by atoms with van der Waals surface area (Å²) >= 11 is 0. The van der Waals surface area contributed by atoms with Crippen molar-refractivity contribution in [3.8, 4) is 11.4 Å². The molecule has 140 valence electrons. The fraction of sp³-hybridized carbons (Fsp3) is 0.353. The maximum Gasteiger partial charge on any atom is 0.416 e. The highest BCUT2D eigenvalue weighted by Crippen LogP contribution is 2.33. The lowest BCUT2D eigenvalue weighted by Gasteiger charge is -2.10. The number of carbonyl (C=O) groups is 1. The molecule has 0 aliphatic rings. The molecular formula is C17H17F4N3O2. The molecule has 2 rings (SSSR count). The number of carbonyl (C=O) groups excluding carboxylic acids is 1. The van der Waals surface area contributed by atoms with Crippen molar-refractivity contribution < 1.29 is 27.1 Å². The highest BCUT2D eigenvalue weighted by Gasteiger charge is 2.31. The first-order chi connectivity index (χ1) is 12.1. The van der Waals surface area contributed by atoms with Crippen LogP contribution in [0.3, 0.4) is 0 Å². The van der Waals surface area contributed by atoms with Crippen molar-refractivity contribution in [2.75, 3.05) is 0 Å². The van der Waals surface area contributed by atoms with Crippen LogP contribution in [0.5, 0.6) is 0 Å². The smallest absolute Gasteiger partial charge is 0.416 e. The van der Waals surface area contributed by atoms with E-state index in [0.717, 1.165) is 12.1 Å². The average molecular weight is 371 g/mol. The second-order valence-electron chi connectivity index (χ2n) is 5.87. The number of nitrogens with zero attached hydrogens (tertiary/aromatic N) is 3. The second kappa shape index (κ2) is 7.67. The van der Waals surface area contributed by atoms with Gasteiger partial charge in [-0.15, -0.1) is 0 Å². The highest BCUT2D eigenvalue weighted by atomic mass is 19.4. The van der Waals surface area contributed by atoms with Crippen LogP contribution in [-0.4, -0.2) is 26.8 Å². The highest BCUT2D eigenvalue weighted by molar-refractivity contribution is 5.87. The number of alkyl halides is 4. The van der Waals surface area contributed by atoms with E-state index in [1.165, 1.54) is 17.1 Å². The Bertz CT molecular complexity index is 813. The minimum absolute atomic E-state index is 0.0178. The normalized spacial score (nSPS) is 11.7. The van der Waals surface area contributed by atoms with Crippen LogP contribution in [0.15, 0.2) is 36.7 Å². The van der Waals surface area contributed by atoms with E-state index in [4.69, 9.17) is 4.74 Å². The number of hydrogen-bond acceptors (Lipinski definition) is 4. The Morgan fingerprint density at radius 3 is 2.58 bits per heavy atom. The molecule has 1 aromatic carbocycles. The molecule has 0 aliphatic carbocycles. The van der Waals surface area contributed by atoms with Crippen LogP contribution in [0.4, 0.5) is 17.6 Å². The molecule has 1 heterocycles. The van der Waals surface area contributed by atoms with E-state index in [9.17, 15) is 22.4 Å². The van der Waals surface area contributed by atoms with E-state index in [-0.39, 0.29) is 35.2 Å². The molecule has 0 fully saturated rings. The first kappa shape index (κ1) is 19.6. The Morgan fingerprint density at radius 2 is 2.00 bits per heavy atom. The minimum Gasteiger partial charge on any atom is -0.460 e. The van der Waals surface area contributed by atoms with E-state index in [1.807, 2.05) is 0 Å². The SMILES string of the molecule is C=C(Cn1cnc(-c2cc(CF)cc(C(F)(F)F)c2)n1)C(=O)OC(C)C. The molecule has 0 saturated heterocycles. The fourth-order valence-corrected chi connectivity index (χ4v) is 2.12. The lowest BCUT2D eigenvalue weighted by atomic mass is 10.1. The molecule has 2 aromatic rings. The van der Waals surface area contributed by atoms with Gasteiger partial charge >= 0.3 is 12.1 Å². The fourth-order valence-electron chi connectivity index (χ4n) is 2.12. The Labute approximate surface area is 147 Å². The maximum absolute atomic E-state index is 12.9. The van der Waals surface area contributed by atoms with E-state index < -0.39 is 24.4 Å². The molecule has 1 aromatic heterocycles.